The minimum atomic E-state index is -0.259. The number of carbonyl (C=O) groups excluding carboxylic acids is 2. The number of anilines is 2. The van der Waals surface area contributed by atoms with Gasteiger partial charge in [0.15, 0.2) is 5.58 Å². The Labute approximate surface area is 189 Å². The Morgan fingerprint density at radius 1 is 0.636 bits per heavy atom. The number of hydrogen-bond donors (Lipinski definition) is 2. The standard InChI is InChI=1S/C27H19N3O3/c31-25(18-9-3-1-4-10-18)28-21-15-20(27-30-23-13-7-8-14-24(23)33-27)16-22(17-21)29-26(32)19-11-5-2-6-12-19/h1-17H,(H,28,31)(H,29,32). The maximum absolute atomic E-state index is 12.7. The van der Waals surface area contributed by atoms with Crippen LogP contribution in [0.2, 0.25) is 0 Å². The molecular formula is C27H19N3O3. The van der Waals surface area contributed by atoms with E-state index in [4.69, 9.17) is 4.42 Å². The van der Waals surface area contributed by atoms with Crippen LogP contribution in [0, 0.1) is 0 Å². The van der Waals surface area contributed by atoms with Gasteiger partial charge in [0, 0.05) is 28.1 Å². The summed E-state index contributed by atoms with van der Waals surface area (Å²) in [5, 5.41) is 5.79. The second-order valence-corrected chi connectivity index (χ2v) is 7.43. The summed E-state index contributed by atoms with van der Waals surface area (Å²) >= 11 is 0. The molecule has 0 radical (unpaired) electrons. The van der Waals surface area contributed by atoms with E-state index in [1.54, 1.807) is 66.7 Å². The molecule has 6 nitrogen and oxygen atoms in total. The summed E-state index contributed by atoms with van der Waals surface area (Å²) in [6, 6.07) is 30.5. The zero-order valence-electron chi connectivity index (χ0n) is 17.5. The predicted octanol–water partition coefficient (Wildman–Crippen LogP) is 6.00. The lowest BCUT2D eigenvalue weighted by molar-refractivity contribution is 0.101. The topological polar surface area (TPSA) is 84.2 Å². The molecule has 2 N–H and O–H groups in total. The van der Waals surface area contributed by atoms with Crippen molar-refractivity contribution in [2.75, 3.05) is 10.6 Å². The van der Waals surface area contributed by atoms with E-state index in [1.807, 2.05) is 36.4 Å². The van der Waals surface area contributed by atoms with Crippen molar-refractivity contribution in [2.45, 2.75) is 0 Å². The van der Waals surface area contributed by atoms with Gasteiger partial charge in [-0.1, -0.05) is 48.5 Å². The molecule has 6 heteroatoms. The van der Waals surface area contributed by atoms with Gasteiger partial charge in [0.2, 0.25) is 5.89 Å². The minimum Gasteiger partial charge on any atom is -0.436 e. The van der Waals surface area contributed by atoms with Crippen molar-refractivity contribution in [3.05, 3.63) is 114 Å². The van der Waals surface area contributed by atoms with Crippen molar-refractivity contribution in [3.8, 4) is 11.5 Å². The van der Waals surface area contributed by atoms with Gasteiger partial charge in [-0.05, 0) is 54.6 Å². The van der Waals surface area contributed by atoms with Crippen molar-refractivity contribution in [3.63, 3.8) is 0 Å². The van der Waals surface area contributed by atoms with Crippen LogP contribution in [0.4, 0.5) is 11.4 Å². The van der Waals surface area contributed by atoms with Crippen LogP contribution in [0.25, 0.3) is 22.6 Å². The number of aromatic nitrogens is 1. The van der Waals surface area contributed by atoms with E-state index < -0.39 is 0 Å². The van der Waals surface area contributed by atoms with Crippen LogP contribution in [0.15, 0.2) is 108 Å². The van der Waals surface area contributed by atoms with Gasteiger partial charge in [0.1, 0.15) is 5.52 Å². The third kappa shape index (κ3) is 4.50. The first-order valence-corrected chi connectivity index (χ1v) is 10.4. The van der Waals surface area contributed by atoms with Crippen LogP contribution in [0.3, 0.4) is 0 Å². The maximum atomic E-state index is 12.7. The molecule has 0 bridgehead atoms. The summed E-state index contributed by atoms with van der Waals surface area (Å²) in [4.78, 5) is 30.0. The SMILES string of the molecule is O=C(Nc1cc(NC(=O)c2ccccc2)cc(-c2nc3ccccc3o2)c1)c1ccccc1. The van der Waals surface area contributed by atoms with Crippen LogP contribution >= 0.6 is 0 Å². The van der Waals surface area contributed by atoms with Crippen LogP contribution in [0.1, 0.15) is 20.7 Å². The summed E-state index contributed by atoms with van der Waals surface area (Å²) in [5.74, 6) is -0.126. The Morgan fingerprint density at radius 2 is 1.15 bits per heavy atom. The van der Waals surface area contributed by atoms with Crippen molar-refractivity contribution >= 4 is 34.3 Å². The third-order valence-electron chi connectivity index (χ3n) is 5.06. The van der Waals surface area contributed by atoms with E-state index in [0.717, 1.165) is 5.52 Å². The van der Waals surface area contributed by atoms with Crippen molar-refractivity contribution in [1.82, 2.24) is 4.98 Å². The number of nitrogens with one attached hydrogen (secondary N) is 2. The van der Waals surface area contributed by atoms with Gasteiger partial charge in [0.05, 0.1) is 0 Å². The number of benzene rings is 4. The predicted molar refractivity (Wildman–Crippen MR) is 128 cm³/mol. The quantitative estimate of drug-likeness (QED) is 0.356. The van der Waals surface area contributed by atoms with E-state index in [0.29, 0.717) is 39.5 Å². The number of carbonyl (C=O) groups is 2. The molecule has 1 heterocycles. The molecule has 4 aromatic carbocycles. The molecule has 33 heavy (non-hydrogen) atoms. The van der Waals surface area contributed by atoms with Crippen molar-refractivity contribution < 1.29 is 14.0 Å². The van der Waals surface area contributed by atoms with Gasteiger partial charge in [-0.25, -0.2) is 4.98 Å². The fourth-order valence-corrected chi connectivity index (χ4v) is 3.48. The molecule has 2 amide bonds. The smallest absolute Gasteiger partial charge is 0.255 e. The summed E-state index contributed by atoms with van der Waals surface area (Å²) in [6.07, 6.45) is 0. The second-order valence-electron chi connectivity index (χ2n) is 7.43. The number of fused-ring (bicyclic) bond motifs is 1. The number of rotatable bonds is 5. The number of oxazole rings is 1. The number of para-hydroxylation sites is 2. The van der Waals surface area contributed by atoms with Gasteiger partial charge in [0.25, 0.3) is 11.8 Å². The highest BCUT2D eigenvalue weighted by atomic mass is 16.3. The average molecular weight is 433 g/mol. The molecule has 0 aliphatic heterocycles. The second kappa shape index (κ2) is 8.80. The molecule has 5 rings (SSSR count). The van der Waals surface area contributed by atoms with E-state index in [-0.39, 0.29) is 11.8 Å². The van der Waals surface area contributed by atoms with E-state index in [1.165, 1.54) is 0 Å². The molecule has 0 saturated carbocycles. The molecule has 5 aromatic rings. The third-order valence-corrected chi connectivity index (χ3v) is 5.06. The van der Waals surface area contributed by atoms with Gasteiger partial charge < -0.3 is 15.1 Å². The number of hydrogen-bond acceptors (Lipinski definition) is 4. The molecule has 160 valence electrons. The van der Waals surface area contributed by atoms with Gasteiger partial charge in [-0.2, -0.15) is 0 Å². The maximum Gasteiger partial charge on any atom is 0.255 e. The molecule has 0 aliphatic carbocycles. The first-order valence-electron chi connectivity index (χ1n) is 10.4. The highest BCUT2D eigenvalue weighted by Crippen LogP contribution is 2.30. The van der Waals surface area contributed by atoms with Gasteiger partial charge in [-0.3, -0.25) is 9.59 Å². The minimum absolute atomic E-state index is 0.259. The van der Waals surface area contributed by atoms with Crippen LogP contribution < -0.4 is 10.6 Å². The Bertz CT molecular complexity index is 1340. The molecule has 0 saturated heterocycles. The van der Waals surface area contributed by atoms with Crippen LogP contribution in [-0.2, 0) is 0 Å². The zero-order chi connectivity index (χ0) is 22.6. The largest absolute Gasteiger partial charge is 0.436 e. The summed E-state index contributed by atoms with van der Waals surface area (Å²) in [6.45, 7) is 0. The van der Waals surface area contributed by atoms with Gasteiger partial charge in [-0.15, -0.1) is 0 Å². The highest BCUT2D eigenvalue weighted by Gasteiger charge is 2.14. The molecular weight excluding hydrogens is 414 g/mol. The fourth-order valence-electron chi connectivity index (χ4n) is 3.48. The first-order chi connectivity index (χ1) is 16.2. The zero-order valence-corrected chi connectivity index (χ0v) is 17.5. The average Bonchev–Trinajstić information content (AvgIpc) is 3.29. The lowest BCUT2D eigenvalue weighted by atomic mass is 10.1. The molecule has 0 unspecified atom stereocenters. The summed E-state index contributed by atoms with van der Waals surface area (Å²) < 4.78 is 5.91. The first kappa shape index (κ1) is 20.2. The molecule has 0 atom stereocenters. The molecule has 1 aromatic heterocycles. The fraction of sp³-hybridized carbons (Fsp3) is 0. The van der Waals surface area contributed by atoms with Crippen LogP contribution in [0.5, 0.6) is 0 Å². The lowest BCUT2D eigenvalue weighted by Crippen LogP contribution is -2.14. The Hall–Kier alpha value is -4.71. The van der Waals surface area contributed by atoms with Crippen LogP contribution in [-0.4, -0.2) is 16.8 Å². The Morgan fingerprint density at radius 3 is 1.70 bits per heavy atom. The highest BCUT2D eigenvalue weighted by molar-refractivity contribution is 6.07. The number of amides is 2. The normalized spacial score (nSPS) is 10.7. The summed E-state index contributed by atoms with van der Waals surface area (Å²) in [5.41, 5.74) is 4.07. The monoisotopic (exact) mass is 433 g/mol. The molecule has 0 aliphatic rings. The van der Waals surface area contributed by atoms with Gasteiger partial charge >= 0.3 is 0 Å². The Kier molecular flexibility index (Phi) is 5.39. The van der Waals surface area contributed by atoms with E-state index in [9.17, 15) is 9.59 Å². The van der Waals surface area contributed by atoms with Crippen molar-refractivity contribution in [2.24, 2.45) is 0 Å². The van der Waals surface area contributed by atoms with Crippen molar-refractivity contribution in [1.29, 1.82) is 0 Å². The molecule has 0 spiro atoms. The number of nitrogens with zero attached hydrogens (tertiary/aromatic N) is 1. The molecule has 0 fully saturated rings. The Balaban J connectivity index is 1.52. The van der Waals surface area contributed by atoms with E-state index >= 15 is 0 Å². The van der Waals surface area contributed by atoms with E-state index in [2.05, 4.69) is 15.6 Å². The lowest BCUT2D eigenvalue weighted by Gasteiger charge is -2.11. The summed E-state index contributed by atoms with van der Waals surface area (Å²) in [7, 11) is 0.